The SMILES string of the molecule is CC(C)[C@H](Sc1nc(-c2ccccc2)cc(-c2ccccc2)c1C#N)C(=O)O. The van der Waals surface area contributed by atoms with Crippen molar-refractivity contribution in [2.45, 2.75) is 24.1 Å². The molecule has 0 unspecified atom stereocenters. The number of nitriles is 1. The molecule has 0 bridgehead atoms. The molecule has 0 amide bonds. The van der Waals surface area contributed by atoms with Gasteiger partial charge in [-0.3, -0.25) is 4.79 Å². The van der Waals surface area contributed by atoms with Gasteiger partial charge in [-0.2, -0.15) is 5.26 Å². The first kappa shape index (κ1) is 19.7. The van der Waals surface area contributed by atoms with E-state index in [1.165, 1.54) is 0 Å². The molecule has 0 saturated heterocycles. The lowest BCUT2D eigenvalue weighted by atomic mass is 9.99. The van der Waals surface area contributed by atoms with Crippen LogP contribution in [0.15, 0.2) is 71.8 Å². The van der Waals surface area contributed by atoms with E-state index in [1.54, 1.807) is 0 Å². The molecular weight excluding hydrogens is 368 g/mol. The normalized spacial score (nSPS) is 11.8. The van der Waals surface area contributed by atoms with Gasteiger partial charge < -0.3 is 5.11 Å². The summed E-state index contributed by atoms with van der Waals surface area (Å²) in [6.45, 7) is 3.72. The van der Waals surface area contributed by atoms with Crippen molar-refractivity contribution in [3.63, 3.8) is 0 Å². The second kappa shape index (κ2) is 8.73. The number of thioether (sulfide) groups is 1. The van der Waals surface area contributed by atoms with Gasteiger partial charge in [0.2, 0.25) is 0 Å². The maximum atomic E-state index is 11.7. The highest BCUT2D eigenvalue weighted by Gasteiger charge is 2.26. The van der Waals surface area contributed by atoms with Crippen LogP contribution in [0.4, 0.5) is 0 Å². The number of hydrogen-bond donors (Lipinski definition) is 1. The second-order valence-electron chi connectivity index (χ2n) is 6.70. The number of carboxylic acid groups (broad SMARTS) is 1. The number of rotatable bonds is 6. The smallest absolute Gasteiger partial charge is 0.317 e. The lowest BCUT2D eigenvalue weighted by Gasteiger charge is -2.18. The third-order valence-corrected chi connectivity index (χ3v) is 5.86. The summed E-state index contributed by atoms with van der Waals surface area (Å²) in [7, 11) is 0. The number of carbonyl (C=O) groups is 1. The van der Waals surface area contributed by atoms with Crippen molar-refractivity contribution >= 4 is 17.7 Å². The molecule has 0 fully saturated rings. The zero-order chi connectivity index (χ0) is 20.1. The van der Waals surface area contributed by atoms with E-state index in [4.69, 9.17) is 0 Å². The molecule has 5 heteroatoms. The molecule has 140 valence electrons. The van der Waals surface area contributed by atoms with Gasteiger partial charge in [0.15, 0.2) is 0 Å². The van der Waals surface area contributed by atoms with Crippen LogP contribution in [0.5, 0.6) is 0 Å². The Morgan fingerprint density at radius 3 is 2.11 bits per heavy atom. The molecular formula is C23H20N2O2S. The molecule has 0 radical (unpaired) electrons. The van der Waals surface area contributed by atoms with Crippen LogP contribution in [0, 0.1) is 17.2 Å². The van der Waals surface area contributed by atoms with E-state index in [0.717, 1.165) is 28.5 Å². The first-order valence-corrected chi connectivity index (χ1v) is 9.84. The highest BCUT2D eigenvalue weighted by molar-refractivity contribution is 8.00. The molecule has 3 aromatic rings. The number of carboxylic acids is 1. The summed E-state index contributed by atoms with van der Waals surface area (Å²) in [4.78, 5) is 16.4. The van der Waals surface area contributed by atoms with Crippen molar-refractivity contribution < 1.29 is 9.90 Å². The topological polar surface area (TPSA) is 74.0 Å². The number of pyridine rings is 1. The Labute approximate surface area is 168 Å². The van der Waals surface area contributed by atoms with Crippen molar-refractivity contribution in [3.05, 3.63) is 72.3 Å². The molecule has 2 aromatic carbocycles. The Kier molecular flexibility index (Phi) is 6.13. The Morgan fingerprint density at radius 2 is 1.61 bits per heavy atom. The van der Waals surface area contributed by atoms with Crippen LogP contribution in [-0.4, -0.2) is 21.3 Å². The minimum absolute atomic E-state index is 0.101. The predicted molar refractivity (Wildman–Crippen MR) is 112 cm³/mol. The summed E-state index contributed by atoms with van der Waals surface area (Å²) < 4.78 is 0. The third kappa shape index (κ3) is 4.24. The molecule has 4 nitrogen and oxygen atoms in total. The Hall–Kier alpha value is -3.10. The van der Waals surface area contributed by atoms with Crippen molar-refractivity contribution in [1.82, 2.24) is 4.98 Å². The average molecular weight is 388 g/mol. The van der Waals surface area contributed by atoms with Crippen molar-refractivity contribution in [1.29, 1.82) is 5.26 Å². The lowest BCUT2D eigenvalue weighted by Crippen LogP contribution is -2.22. The van der Waals surface area contributed by atoms with E-state index >= 15 is 0 Å². The van der Waals surface area contributed by atoms with E-state index in [2.05, 4.69) is 11.1 Å². The van der Waals surface area contributed by atoms with Gasteiger partial charge in [0.1, 0.15) is 16.3 Å². The highest BCUT2D eigenvalue weighted by atomic mass is 32.2. The standard InChI is InChI=1S/C23H20N2O2S/c1-15(2)21(23(26)27)28-22-19(14-24)18(16-9-5-3-6-10-16)13-20(25-22)17-11-7-4-8-12-17/h3-13,15,21H,1-2H3,(H,26,27)/t21-/m0/s1. The molecule has 1 atom stereocenters. The molecule has 1 N–H and O–H groups in total. The third-order valence-electron chi connectivity index (χ3n) is 4.34. The van der Waals surface area contributed by atoms with Gasteiger partial charge in [0, 0.05) is 11.1 Å². The van der Waals surface area contributed by atoms with E-state index in [-0.39, 0.29) is 5.92 Å². The van der Waals surface area contributed by atoms with E-state index < -0.39 is 11.2 Å². The van der Waals surface area contributed by atoms with E-state index in [1.807, 2.05) is 80.6 Å². The zero-order valence-electron chi connectivity index (χ0n) is 15.7. The largest absolute Gasteiger partial charge is 0.480 e. The summed E-state index contributed by atoms with van der Waals surface area (Å²) in [5, 5.41) is 19.2. The fraction of sp³-hybridized carbons (Fsp3) is 0.174. The molecule has 0 aliphatic heterocycles. The van der Waals surface area contributed by atoms with E-state index in [0.29, 0.717) is 16.3 Å². The maximum absolute atomic E-state index is 11.7. The monoisotopic (exact) mass is 388 g/mol. The molecule has 0 spiro atoms. The predicted octanol–water partition coefficient (Wildman–Crippen LogP) is 5.49. The number of hydrogen-bond acceptors (Lipinski definition) is 4. The van der Waals surface area contributed by atoms with Gasteiger partial charge in [-0.15, -0.1) is 0 Å². The molecule has 28 heavy (non-hydrogen) atoms. The van der Waals surface area contributed by atoms with E-state index in [9.17, 15) is 15.2 Å². The van der Waals surface area contributed by atoms with Gasteiger partial charge in [0.25, 0.3) is 0 Å². The number of benzene rings is 2. The van der Waals surface area contributed by atoms with Crippen LogP contribution >= 0.6 is 11.8 Å². The fourth-order valence-electron chi connectivity index (χ4n) is 2.91. The minimum Gasteiger partial charge on any atom is -0.480 e. The van der Waals surface area contributed by atoms with Gasteiger partial charge in [-0.05, 0) is 17.5 Å². The molecule has 0 aliphatic rings. The van der Waals surface area contributed by atoms with Crippen LogP contribution in [0.3, 0.4) is 0 Å². The van der Waals surface area contributed by atoms with Crippen molar-refractivity contribution in [2.24, 2.45) is 5.92 Å². The summed E-state index contributed by atoms with van der Waals surface area (Å²) in [6.07, 6.45) is 0. The van der Waals surface area contributed by atoms with Gasteiger partial charge in [-0.25, -0.2) is 4.98 Å². The Morgan fingerprint density at radius 1 is 1.04 bits per heavy atom. The fourth-order valence-corrected chi connectivity index (χ4v) is 3.95. The van der Waals surface area contributed by atoms with Gasteiger partial charge in [-0.1, -0.05) is 86.3 Å². The first-order chi connectivity index (χ1) is 13.5. The van der Waals surface area contributed by atoms with Crippen molar-refractivity contribution in [3.8, 4) is 28.5 Å². The molecule has 0 aliphatic carbocycles. The quantitative estimate of drug-likeness (QED) is 0.565. The number of aromatic nitrogens is 1. The van der Waals surface area contributed by atoms with Gasteiger partial charge in [0.05, 0.1) is 11.3 Å². The molecule has 1 heterocycles. The summed E-state index contributed by atoms with van der Waals surface area (Å²) in [5.41, 5.74) is 3.70. The van der Waals surface area contributed by atoms with Crippen molar-refractivity contribution in [2.75, 3.05) is 0 Å². The minimum atomic E-state index is -0.905. The van der Waals surface area contributed by atoms with Crippen LogP contribution in [-0.2, 0) is 4.79 Å². The average Bonchev–Trinajstić information content (AvgIpc) is 2.72. The second-order valence-corrected chi connectivity index (χ2v) is 7.83. The van der Waals surface area contributed by atoms with Crippen LogP contribution in [0.2, 0.25) is 0 Å². The number of nitrogens with zero attached hydrogens (tertiary/aromatic N) is 2. The summed E-state index contributed by atoms with van der Waals surface area (Å²) >= 11 is 1.14. The van der Waals surface area contributed by atoms with Gasteiger partial charge >= 0.3 is 5.97 Å². The van der Waals surface area contributed by atoms with Crippen LogP contribution in [0.25, 0.3) is 22.4 Å². The number of aliphatic carboxylic acids is 1. The lowest BCUT2D eigenvalue weighted by molar-refractivity contribution is -0.137. The zero-order valence-corrected chi connectivity index (χ0v) is 16.5. The summed E-state index contributed by atoms with van der Waals surface area (Å²) in [6, 6.07) is 23.5. The first-order valence-electron chi connectivity index (χ1n) is 8.96. The summed E-state index contributed by atoms with van der Waals surface area (Å²) in [5.74, 6) is -1.01. The van der Waals surface area contributed by atoms with Crippen LogP contribution in [0.1, 0.15) is 19.4 Å². The maximum Gasteiger partial charge on any atom is 0.317 e. The molecule has 0 saturated carbocycles. The molecule has 1 aromatic heterocycles. The van der Waals surface area contributed by atoms with Crippen LogP contribution < -0.4 is 0 Å². The Balaban J connectivity index is 2.22. The molecule has 3 rings (SSSR count). The Bertz CT molecular complexity index is 1010. The highest BCUT2D eigenvalue weighted by Crippen LogP contribution is 2.37.